The number of halogens is 2. The normalized spacial score (nSPS) is 14.0. The summed E-state index contributed by atoms with van der Waals surface area (Å²) in [5, 5.41) is 9.06. The van der Waals surface area contributed by atoms with Crippen LogP contribution in [0.5, 0.6) is 0 Å². The number of hydroxylamine groups is 2. The number of imide groups is 1. The standard InChI is InChI=1S/C29H23BF2N4O4/c31-30(32)35-19-20(9-3-1-2-4-14-28(39)40-36-26(37)17-18-27(36)38)15-16-25(35)33-34-29-23-12-7-5-10-21(23)22-11-6-8-13-24(22)29/h5-8,10-13,15-16,19H,1-2,4,14,17-18H2/b33-25-. The molecule has 2 heterocycles. The number of carbonyl (C=O) groups excluding carboxylic acids is 3. The highest BCUT2D eigenvalue weighted by Crippen LogP contribution is 2.36. The van der Waals surface area contributed by atoms with Crippen molar-refractivity contribution in [3.8, 4) is 23.0 Å². The first-order valence-corrected chi connectivity index (χ1v) is 12.8. The number of unbranched alkanes of at least 4 members (excludes halogenated alkanes) is 2. The Morgan fingerprint density at radius 2 is 1.50 bits per heavy atom. The van der Waals surface area contributed by atoms with E-state index in [1.54, 1.807) is 6.07 Å². The smallest absolute Gasteiger partial charge is 0.330 e. The first-order valence-electron chi connectivity index (χ1n) is 12.8. The maximum absolute atomic E-state index is 13.9. The van der Waals surface area contributed by atoms with E-state index in [-0.39, 0.29) is 24.8 Å². The van der Waals surface area contributed by atoms with Crippen LogP contribution in [0.15, 0.2) is 77.1 Å². The van der Waals surface area contributed by atoms with Crippen molar-refractivity contribution in [1.82, 2.24) is 9.54 Å². The molecule has 11 heteroatoms. The van der Waals surface area contributed by atoms with E-state index in [1.165, 1.54) is 12.3 Å². The van der Waals surface area contributed by atoms with Gasteiger partial charge in [0.15, 0.2) is 0 Å². The fourth-order valence-corrected chi connectivity index (χ4v) is 4.48. The fourth-order valence-electron chi connectivity index (χ4n) is 4.48. The van der Waals surface area contributed by atoms with Gasteiger partial charge in [-0.1, -0.05) is 60.4 Å². The van der Waals surface area contributed by atoms with Gasteiger partial charge in [-0.3, -0.25) is 18.2 Å². The number of aromatic nitrogens is 1. The Hall–Kier alpha value is -4.85. The van der Waals surface area contributed by atoms with Gasteiger partial charge in [-0.25, -0.2) is 4.79 Å². The summed E-state index contributed by atoms with van der Waals surface area (Å²) < 4.78 is 28.4. The van der Waals surface area contributed by atoms with Crippen molar-refractivity contribution in [2.75, 3.05) is 0 Å². The minimum atomic E-state index is -2.84. The minimum Gasteiger partial charge on any atom is -0.330 e. The number of nitrogens with zero attached hydrogens (tertiary/aromatic N) is 4. The Morgan fingerprint density at radius 3 is 2.12 bits per heavy atom. The Bertz CT molecular complexity index is 1590. The van der Waals surface area contributed by atoms with Gasteiger partial charge in [0.25, 0.3) is 11.8 Å². The molecule has 0 N–H and O–H groups in total. The van der Waals surface area contributed by atoms with Crippen LogP contribution in [0.4, 0.5) is 8.63 Å². The van der Waals surface area contributed by atoms with Gasteiger partial charge in [0.1, 0.15) is 11.2 Å². The summed E-state index contributed by atoms with van der Waals surface area (Å²) in [4.78, 5) is 39.6. The van der Waals surface area contributed by atoms with Crippen LogP contribution in [0.3, 0.4) is 0 Å². The molecule has 0 atom stereocenters. The molecule has 1 saturated heterocycles. The van der Waals surface area contributed by atoms with E-state index in [4.69, 9.17) is 4.84 Å². The Kier molecular flexibility index (Phi) is 7.96. The summed E-state index contributed by atoms with van der Waals surface area (Å²) in [5.74, 6) is 4.05. The van der Waals surface area contributed by atoms with E-state index in [0.29, 0.717) is 35.6 Å². The number of amides is 2. The zero-order chi connectivity index (χ0) is 28.1. The van der Waals surface area contributed by atoms with Crippen molar-refractivity contribution in [3.05, 3.63) is 89.0 Å². The molecule has 1 aliphatic carbocycles. The van der Waals surface area contributed by atoms with E-state index in [2.05, 4.69) is 22.0 Å². The molecule has 0 saturated carbocycles. The second kappa shape index (κ2) is 11.9. The van der Waals surface area contributed by atoms with Gasteiger partial charge in [0.05, 0.1) is 0 Å². The lowest BCUT2D eigenvalue weighted by Crippen LogP contribution is -2.31. The van der Waals surface area contributed by atoms with Crippen molar-refractivity contribution in [3.63, 3.8) is 0 Å². The van der Waals surface area contributed by atoms with Gasteiger partial charge in [-0.15, -0.1) is 15.3 Å². The van der Waals surface area contributed by atoms with Gasteiger partial charge in [0.2, 0.25) is 0 Å². The minimum absolute atomic E-state index is 0.0107. The summed E-state index contributed by atoms with van der Waals surface area (Å²) >= 11 is 0. The summed E-state index contributed by atoms with van der Waals surface area (Å²) in [5.41, 5.74) is 4.83. The van der Waals surface area contributed by atoms with Crippen molar-refractivity contribution in [2.24, 2.45) is 10.2 Å². The molecule has 1 fully saturated rings. The molecule has 2 aliphatic rings. The first kappa shape index (κ1) is 26.7. The molecule has 2 aromatic carbocycles. The number of hydrogen-bond donors (Lipinski definition) is 0. The molecule has 2 amide bonds. The summed E-state index contributed by atoms with van der Waals surface area (Å²) in [7, 11) is -2.84. The van der Waals surface area contributed by atoms with Crippen LogP contribution in [-0.2, 0) is 19.2 Å². The van der Waals surface area contributed by atoms with Crippen LogP contribution in [0.2, 0.25) is 0 Å². The Balaban J connectivity index is 1.24. The summed E-state index contributed by atoms with van der Waals surface area (Å²) in [6.45, 7) is 0. The van der Waals surface area contributed by atoms with Gasteiger partial charge < -0.3 is 9.32 Å². The van der Waals surface area contributed by atoms with Gasteiger partial charge >= 0.3 is 13.4 Å². The monoisotopic (exact) mass is 540 g/mol. The lowest BCUT2D eigenvalue weighted by atomic mass is 10.1. The number of carbonyl (C=O) groups is 3. The summed E-state index contributed by atoms with van der Waals surface area (Å²) in [6.07, 6.45) is 2.74. The molecule has 40 heavy (non-hydrogen) atoms. The van der Waals surface area contributed by atoms with Crippen LogP contribution < -0.4 is 5.49 Å². The van der Waals surface area contributed by atoms with Crippen LogP contribution in [0.25, 0.3) is 11.1 Å². The van der Waals surface area contributed by atoms with Crippen LogP contribution in [-0.4, -0.2) is 40.4 Å². The lowest BCUT2D eigenvalue weighted by molar-refractivity contribution is -0.197. The summed E-state index contributed by atoms with van der Waals surface area (Å²) in [6, 6.07) is 18.6. The quantitative estimate of drug-likeness (QED) is 0.116. The topological polar surface area (TPSA) is 93.3 Å². The molecule has 5 rings (SSSR count). The molecular weight excluding hydrogens is 517 g/mol. The third-order valence-corrected chi connectivity index (χ3v) is 6.44. The number of pyridine rings is 1. The van der Waals surface area contributed by atoms with Crippen molar-refractivity contribution in [2.45, 2.75) is 38.5 Å². The molecule has 0 unspecified atom stereocenters. The number of benzene rings is 2. The van der Waals surface area contributed by atoms with E-state index in [9.17, 15) is 23.0 Å². The molecule has 3 aromatic rings. The lowest BCUT2D eigenvalue weighted by Gasteiger charge is -2.12. The van der Waals surface area contributed by atoms with Gasteiger partial charge in [0, 0.05) is 48.6 Å². The van der Waals surface area contributed by atoms with Crippen molar-refractivity contribution in [1.29, 1.82) is 0 Å². The Morgan fingerprint density at radius 1 is 0.875 bits per heavy atom. The number of rotatable bonds is 7. The van der Waals surface area contributed by atoms with Crippen LogP contribution >= 0.6 is 0 Å². The fraction of sp³-hybridized carbons (Fsp3) is 0.207. The largest absolute Gasteiger partial charge is 0.678 e. The third kappa shape index (κ3) is 5.76. The molecule has 0 bridgehead atoms. The van der Waals surface area contributed by atoms with Gasteiger partial charge in [-0.05, 0) is 36.1 Å². The van der Waals surface area contributed by atoms with Crippen LogP contribution in [0.1, 0.15) is 55.2 Å². The number of fused-ring (bicyclic) bond motifs is 3. The van der Waals surface area contributed by atoms with E-state index >= 15 is 0 Å². The second-order valence-electron chi connectivity index (χ2n) is 9.15. The third-order valence-electron chi connectivity index (χ3n) is 6.44. The number of hydrogen-bond acceptors (Lipinski definition) is 6. The maximum Gasteiger partial charge on any atom is 0.678 e. The molecule has 8 nitrogen and oxygen atoms in total. The average Bonchev–Trinajstić information content (AvgIpc) is 3.45. The Labute approximate surface area is 229 Å². The van der Waals surface area contributed by atoms with E-state index < -0.39 is 25.2 Å². The molecule has 200 valence electrons. The first-order chi connectivity index (χ1) is 19.4. The highest BCUT2D eigenvalue weighted by Gasteiger charge is 2.32. The molecule has 1 aromatic heterocycles. The average molecular weight is 540 g/mol. The van der Waals surface area contributed by atoms with Crippen LogP contribution in [0, 0.1) is 11.8 Å². The van der Waals surface area contributed by atoms with E-state index in [1.807, 2.05) is 48.5 Å². The zero-order valence-corrected chi connectivity index (χ0v) is 21.3. The molecule has 0 spiro atoms. The predicted molar refractivity (Wildman–Crippen MR) is 143 cm³/mol. The highest BCUT2D eigenvalue weighted by molar-refractivity contribution is 6.40. The molecule has 1 aliphatic heterocycles. The highest BCUT2D eigenvalue weighted by atomic mass is 19.2. The molecule has 0 radical (unpaired) electrons. The second-order valence-corrected chi connectivity index (χ2v) is 9.15. The molecular formula is C29H23BF2N4O4. The van der Waals surface area contributed by atoms with Crippen molar-refractivity contribution >= 4 is 30.9 Å². The van der Waals surface area contributed by atoms with Gasteiger partial charge in [-0.2, -0.15) is 0 Å². The maximum atomic E-state index is 13.9. The van der Waals surface area contributed by atoms with E-state index in [0.717, 1.165) is 26.7 Å². The van der Waals surface area contributed by atoms with Crippen molar-refractivity contribution < 1.29 is 27.9 Å². The predicted octanol–water partition coefficient (Wildman–Crippen LogP) is 4.11. The SMILES string of the molecule is O=C(CCCCC#Cc1cc/c(=N/N=C2c3ccccc3-c3ccccc32)n(B(F)F)c1)ON1C(=O)CCC1=O. The zero-order valence-electron chi connectivity index (χ0n) is 21.3.